The van der Waals surface area contributed by atoms with Crippen molar-refractivity contribution in [1.82, 2.24) is 0 Å². The van der Waals surface area contributed by atoms with Gasteiger partial charge in [-0.1, -0.05) is 0 Å². The first-order valence-corrected chi connectivity index (χ1v) is 1.81. The van der Waals surface area contributed by atoms with Gasteiger partial charge in [-0.15, -0.1) is 0 Å². The minimum Gasteiger partial charge on any atom is -0.395 e. The Balaban J connectivity index is -0.0000000720. The number of aliphatic hydroxyl groups is 1. The standard InChI is InChI=1S/C2H7NO.ClH2.HN2O2/c3-1-2-4;;1-2(3)4/h4H,1-3H2;1H2;1H/q;+1;-1. The highest BCUT2D eigenvalue weighted by molar-refractivity contribution is 4.17. The molecule has 0 rings (SSSR count). The highest BCUT2D eigenvalue weighted by Gasteiger charge is 1.56. The van der Waals surface area contributed by atoms with Gasteiger partial charge in [0.1, 0.15) is 0 Å². The zero-order valence-corrected chi connectivity index (χ0v) is 5.54. The largest absolute Gasteiger partial charge is 0.395 e. The van der Waals surface area contributed by atoms with Crippen LogP contribution < -0.4 is 5.73 Å². The summed E-state index contributed by atoms with van der Waals surface area (Å²) in [5, 5.41) is 15.0. The fourth-order valence-electron chi connectivity index (χ4n) is 0. The van der Waals surface area contributed by atoms with Crippen LogP contribution in [0.25, 0.3) is 5.84 Å². The van der Waals surface area contributed by atoms with Crippen LogP contribution in [0, 0.1) is 22.5 Å². The molecule has 0 saturated heterocycles. The Morgan fingerprint density at radius 3 is 1.89 bits per heavy atom. The van der Waals surface area contributed by atoms with Crippen molar-refractivity contribution < 1.29 is 22.5 Å². The molecule has 6 nitrogen and oxygen atoms in total. The number of halogens is 1. The van der Waals surface area contributed by atoms with E-state index in [2.05, 4.69) is 0 Å². The zero-order chi connectivity index (χ0) is 6.99. The van der Waals surface area contributed by atoms with Crippen molar-refractivity contribution in [2.24, 2.45) is 5.73 Å². The molecular weight excluding hydrogens is 149 g/mol. The summed E-state index contributed by atoms with van der Waals surface area (Å²) in [6.07, 6.45) is 0. The summed E-state index contributed by atoms with van der Waals surface area (Å²) in [6.45, 7) is 0.472. The van der Waals surface area contributed by atoms with E-state index in [1.54, 1.807) is 0 Å². The first-order chi connectivity index (χ1) is 3.65. The van der Waals surface area contributed by atoms with Gasteiger partial charge in [0.25, 0.3) is 0 Å². The smallest absolute Gasteiger partial charge is 0.0903 e. The number of nitrogens with zero attached hydrogens (tertiary/aromatic N) is 1. The summed E-state index contributed by atoms with van der Waals surface area (Å²) < 4.78 is 0. The van der Waals surface area contributed by atoms with Crippen LogP contribution in [0.1, 0.15) is 0 Å². The van der Waals surface area contributed by atoms with E-state index in [0.717, 1.165) is 0 Å². The van der Waals surface area contributed by atoms with Gasteiger partial charge in [0.15, 0.2) is 0 Å². The van der Waals surface area contributed by atoms with Crippen LogP contribution in [0.2, 0.25) is 0 Å². The van der Waals surface area contributed by atoms with Gasteiger partial charge in [0, 0.05) is 6.54 Å². The van der Waals surface area contributed by atoms with E-state index in [9.17, 15) is 0 Å². The summed E-state index contributed by atoms with van der Waals surface area (Å²) in [7, 11) is 0. The number of hydrogen-bond acceptors (Lipinski definition) is 4. The molecular formula is C2H10ClN3O3. The van der Waals surface area contributed by atoms with Crippen LogP contribution in [0.4, 0.5) is 0 Å². The second-order valence-corrected chi connectivity index (χ2v) is 0.769. The number of nitrogens with two attached hydrogens (primary N) is 1. The summed E-state index contributed by atoms with van der Waals surface area (Å²) >= 11 is 0. The normalized spacial score (nSPS) is 6.00. The number of rotatable bonds is 1. The molecule has 0 aliphatic carbocycles. The van der Waals surface area contributed by atoms with Crippen molar-refractivity contribution >= 4 is 0 Å². The Bertz CT molecular complexity index is 55.0. The predicted molar refractivity (Wildman–Crippen MR) is 30.2 cm³/mol. The Kier molecular flexibility index (Phi) is 27.4. The van der Waals surface area contributed by atoms with E-state index in [1.165, 1.54) is 0 Å². The molecule has 0 aliphatic heterocycles. The van der Waals surface area contributed by atoms with Crippen molar-refractivity contribution in [3.63, 3.8) is 0 Å². The van der Waals surface area contributed by atoms with Crippen LogP contribution >= 0.6 is 0 Å². The lowest BCUT2D eigenvalue weighted by Gasteiger charge is -1.76. The molecule has 0 atom stereocenters. The number of aliphatic hydroxyl groups excluding tert-OH is 1. The van der Waals surface area contributed by atoms with Crippen molar-refractivity contribution in [1.29, 1.82) is 0 Å². The molecule has 0 aromatic heterocycles. The molecule has 0 aromatic carbocycles. The van der Waals surface area contributed by atoms with E-state index in [4.69, 9.17) is 26.8 Å². The Hall–Kier alpha value is -0.590. The van der Waals surface area contributed by atoms with Gasteiger partial charge in [-0.25, -0.2) is 0 Å². The molecule has 0 aromatic rings. The highest BCUT2D eigenvalue weighted by Crippen LogP contribution is 1.50. The maximum atomic E-state index is 8.47. The van der Waals surface area contributed by atoms with Crippen LogP contribution in [-0.2, 0) is 0 Å². The number of nitrogens with one attached hydrogen (secondary N) is 1. The molecule has 9 heavy (non-hydrogen) atoms. The molecule has 0 saturated carbocycles. The fraction of sp³-hybridized carbons (Fsp3) is 1.00. The summed E-state index contributed by atoms with van der Waals surface area (Å²) in [6, 6.07) is 0. The predicted octanol–water partition coefficient (Wildman–Crippen LogP) is -1.37. The molecule has 0 spiro atoms. The first-order valence-electron chi connectivity index (χ1n) is 1.81. The van der Waals surface area contributed by atoms with E-state index < -0.39 is 5.03 Å². The average molecular weight is 160 g/mol. The van der Waals surface area contributed by atoms with Crippen molar-refractivity contribution in [3.8, 4) is 0 Å². The molecule has 58 valence electrons. The second kappa shape index (κ2) is 15.7. The monoisotopic (exact) mass is 159 g/mol. The Morgan fingerprint density at radius 1 is 1.78 bits per heavy atom. The molecule has 0 fully saturated rings. The minimum absolute atomic E-state index is 0. The van der Waals surface area contributed by atoms with E-state index in [1.807, 2.05) is 0 Å². The molecule has 0 heterocycles. The maximum Gasteiger partial charge on any atom is 0.0903 e. The Labute approximate surface area is 58.4 Å². The van der Waals surface area contributed by atoms with Crippen LogP contribution in [0.5, 0.6) is 0 Å². The third kappa shape index (κ3) is 1290. The van der Waals surface area contributed by atoms with Gasteiger partial charge >= 0.3 is 0 Å². The van der Waals surface area contributed by atoms with E-state index in [-0.39, 0.29) is 19.0 Å². The number of hydrogen-bond donors (Lipinski definition) is 2. The van der Waals surface area contributed by atoms with Crippen molar-refractivity contribution in [2.75, 3.05) is 13.2 Å². The van der Waals surface area contributed by atoms with Crippen molar-refractivity contribution in [3.05, 3.63) is 16.0 Å². The highest BCUT2D eigenvalue weighted by atomic mass is 35.5. The van der Waals surface area contributed by atoms with Crippen LogP contribution in [0.3, 0.4) is 0 Å². The lowest BCUT2D eigenvalue weighted by Crippen LogP contribution is -2.02. The fourth-order valence-corrected chi connectivity index (χ4v) is 0. The SMILES string of the molecule is NCCO.[ClH2+].[NH-][N+](=O)[O-]. The van der Waals surface area contributed by atoms with Gasteiger partial charge in [-0.3, -0.25) is 10.1 Å². The second-order valence-electron chi connectivity index (χ2n) is 0.769. The zero-order valence-electron chi connectivity index (χ0n) is 4.65. The molecule has 0 unspecified atom stereocenters. The topological polar surface area (TPSA) is 113 Å². The quantitative estimate of drug-likeness (QED) is 0.363. The van der Waals surface area contributed by atoms with Crippen molar-refractivity contribution in [2.45, 2.75) is 0 Å². The van der Waals surface area contributed by atoms with Gasteiger partial charge < -0.3 is 16.7 Å². The molecule has 7 heteroatoms. The van der Waals surface area contributed by atoms with E-state index in [0.29, 0.717) is 6.54 Å². The average Bonchev–Trinajstić information content (AvgIpc) is 1.65. The molecule has 0 bridgehead atoms. The van der Waals surface area contributed by atoms with E-state index >= 15 is 0 Å². The summed E-state index contributed by atoms with van der Waals surface area (Å²) in [5.74, 6) is 5.31. The lowest BCUT2D eigenvalue weighted by molar-refractivity contribution is -0.403. The molecule has 0 amide bonds. The van der Waals surface area contributed by atoms with Gasteiger partial charge in [-0.05, 0) is 5.03 Å². The molecule has 4 N–H and O–H groups in total. The third-order valence-electron chi connectivity index (χ3n) is 0.129. The summed E-state index contributed by atoms with van der Waals surface area (Å²) in [5.41, 5.74) is 4.78. The van der Waals surface area contributed by atoms with Gasteiger partial charge in [0.2, 0.25) is 0 Å². The minimum atomic E-state index is -1.25. The third-order valence-corrected chi connectivity index (χ3v) is 0.129. The maximum absolute atomic E-state index is 8.47. The molecule has 0 aliphatic rings. The Morgan fingerprint density at radius 2 is 1.89 bits per heavy atom. The van der Waals surface area contributed by atoms with Gasteiger partial charge in [-0.2, -0.15) is 0 Å². The van der Waals surface area contributed by atoms with Gasteiger partial charge in [0.05, 0.1) is 19.0 Å². The molecule has 0 radical (unpaired) electrons. The summed E-state index contributed by atoms with van der Waals surface area (Å²) in [4.78, 5) is 8.47. The number of nitro groups is 1. The lowest BCUT2D eigenvalue weighted by atomic mass is 10.8. The first kappa shape index (κ1) is 15.8. The van der Waals surface area contributed by atoms with Crippen LogP contribution in [0.15, 0.2) is 0 Å². The van der Waals surface area contributed by atoms with Crippen LogP contribution in [-0.4, -0.2) is 23.3 Å².